The summed E-state index contributed by atoms with van der Waals surface area (Å²) in [5.74, 6) is 0.357. The molecular formula is C20H22FN5O3S. The summed E-state index contributed by atoms with van der Waals surface area (Å²) in [4.78, 5) is 8.47. The van der Waals surface area contributed by atoms with Gasteiger partial charge in [-0.15, -0.1) is 0 Å². The van der Waals surface area contributed by atoms with Crippen molar-refractivity contribution in [3.05, 3.63) is 60.0 Å². The van der Waals surface area contributed by atoms with E-state index in [1.807, 2.05) is 13.8 Å². The molecule has 0 aliphatic heterocycles. The van der Waals surface area contributed by atoms with E-state index in [0.717, 1.165) is 11.8 Å². The van der Waals surface area contributed by atoms with E-state index in [1.165, 1.54) is 19.2 Å². The highest BCUT2D eigenvalue weighted by Crippen LogP contribution is 2.24. The highest BCUT2D eigenvalue weighted by molar-refractivity contribution is 7.92. The van der Waals surface area contributed by atoms with Gasteiger partial charge in [0.15, 0.2) is 11.6 Å². The number of halogens is 1. The summed E-state index contributed by atoms with van der Waals surface area (Å²) in [6.07, 6.45) is 0. The lowest BCUT2D eigenvalue weighted by Gasteiger charge is -2.11. The molecule has 1 aromatic heterocycles. The molecule has 0 saturated carbocycles. The number of hydrogen-bond acceptors (Lipinski definition) is 7. The number of benzene rings is 2. The van der Waals surface area contributed by atoms with E-state index in [4.69, 9.17) is 4.74 Å². The van der Waals surface area contributed by atoms with Gasteiger partial charge in [-0.2, -0.15) is 4.98 Å². The molecule has 1 heterocycles. The van der Waals surface area contributed by atoms with E-state index in [2.05, 4.69) is 25.3 Å². The van der Waals surface area contributed by atoms with Gasteiger partial charge < -0.3 is 15.4 Å². The van der Waals surface area contributed by atoms with Crippen molar-refractivity contribution in [3.63, 3.8) is 0 Å². The van der Waals surface area contributed by atoms with Crippen molar-refractivity contribution in [2.75, 3.05) is 29.0 Å². The number of aryl methyl sites for hydroxylation is 1. The molecule has 0 amide bonds. The van der Waals surface area contributed by atoms with E-state index in [9.17, 15) is 12.8 Å². The molecule has 0 bridgehead atoms. The minimum absolute atomic E-state index is 0.0263. The van der Waals surface area contributed by atoms with Crippen LogP contribution in [0.1, 0.15) is 12.6 Å². The summed E-state index contributed by atoms with van der Waals surface area (Å²) in [6, 6.07) is 11.9. The number of methoxy groups -OCH3 is 1. The van der Waals surface area contributed by atoms with Crippen LogP contribution in [0.5, 0.6) is 5.75 Å². The third kappa shape index (κ3) is 5.15. The van der Waals surface area contributed by atoms with Crippen LogP contribution < -0.4 is 20.1 Å². The average Bonchev–Trinajstić information content (AvgIpc) is 2.69. The number of hydrogen-bond donors (Lipinski definition) is 3. The number of sulfonamides is 1. The Morgan fingerprint density at radius 3 is 2.37 bits per heavy atom. The van der Waals surface area contributed by atoms with Crippen molar-refractivity contribution < 1.29 is 17.5 Å². The molecule has 0 aliphatic carbocycles. The predicted molar refractivity (Wildman–Crippen MR) is 114 cm³/mol. The second-order valence-corrected chi connectivity index (χ2v) is 8.04. The zero-order valence-corrected chi connectivity index (χ0v) is 17.5. The van der Waals surface area contributed by atoms with Crippen molar-refractivity contribution in [2.24, 2.45) is 0 Å². The Bertz CT molecular complexity index is 1140. The van der Waals surface area contributed by atoms with Gasteiger partial charge >= 0.3 is 0 Å². The fraction of sp³-hybridized carbons (Fsp3) is 0.200. The first kappa shape index (κ1) is 21.3. The zero-order valence-electron chi connectivity index (χ0n) is 16.7. The molecular weight excluding hydrogens is 409 g/mol. The van der Waals surface area contributed by atoms with Crippen LogP contribution in [-0.4, -0.2) is 32.0 Å². The lowest BCUT2D eigenvalue weighted by Crippen LogP contribution is -2.13. The summed E-state index contributed by atoms with van der Waals surface area (Å²) in [5.41, 5.74) is 1.86. The van der Waals surface area contributed by atoms with Gasteiger partial charge in [0, 0.05) is 29.7 Å². The molecule has 30 heavy (non-hydrogen) atoms. The van der Waals surface area contributed by atoms with Crippen LogP contribution in [0.2, 0.25) is 0 Å². The molecule has 0 spiro atoms. The van der Waals surface area contributed by atoms with Crippen LogP contribution in [0, 0.1) is 12.7 Å². The van der Waals surface area contributed by atoms with Crippen molar-refractivity contribution in [1.29, 1.82) is 0 Å². The highest BCUT2D eigenvalue weighted by Gasteiger charge is 2.17. The Hall–Kier alpha value is -3.40. The molecule has 3 rings (SSSR count). The number of rotatable bonds is 8. The molecule has 0 saturated heterocycles. The van der Waals surface area contributed by atoms with E-state index < -0.39 is 15.8 Å². The molecule has 3 aromatic rings. The van der Waals surface area contributed by atoms with Crippen molar-refractivity contribution in [1.82, 2.24) is 9.97 Å². The van der Waals surface area contributed by atoms with Crippen LogP contribution in [0.3, 0.4) is 0 Å². The zero-order chi connectivity index (χ0) is 21.7. The molecule has 10 heteroatoms. The fourth-order valence-corrected chi connectivity index (χ4v) is 3.74. The molecule has 0 fully saturated rings. The van der Waals surface area contributed by atoms with Crippen LogP contribution >= 0.6 is 0 Å². The van der Waals surface area contributed by atoms with E-state index in [0.29, 0.717) is 29.7 Å². The molecule has 0 unspecified atom stereocenters. The number of nitrogens with zero attached hydrogens (tertiary/aromatic N) is 2. The lowest BCUT2D eigenvalue weighted by atomic mass is 10.3. The van der Waals surface area contributed by atoms with Gasteiger partial charge in [0.25, 0.3) is 10.0 Å². The first-order chi connectivity index (χ1) is 14.3. The topological polar surface area (TPSA) is 105 Å². The van der Waals surface area contributed by atoms with Crippen molar-refractivity contribution in [3.8, 4) is 5.75 Å². The first-order valence-electron chi connectivity index (χ1n) is 9.13. The lowest BCUT2D eigenvalue weighted by molar-refractivity contribution is 0.385. The average molecular weight is 431 g/mol. The molecule has 2 aromatic carbocycles. The Balaban J connectivity index is 1.73. The Morgan fingerprint density at radius 2 is 1.73 bits per heavy atom. The molecule has 0 radical (unpaired) electrons. The first-order valence-corrected chi connectivity index (χ1v) is 10.6. The fourth-order valence-electron chi connectivity index (χ4n) is 2.67. The summed E-state index contributed by atoms with van der Waals surface area (Å²) in [7, 11) is -2.64. The van der Waals surface area contributed by atoms with Gasteiger partial charge in [-0.3, -0.25) is 4.72 Å². The third-order valence-corrected chi connectivity index (χ3v) is 5.41. The standard InChI is InChI=1S/C20H22FN5O3S/c1-4-22-20-23-13(2)11-19(25-20)24-14-5-7-15(8-6-14)26-30(27,28)16-9-10-18(29-3)17(21)12-16/h5-12,26H,4H2,1-3H3,(H2,22,23,24,25). The molecule has 158 valence electrons. The number of anilines is 4. The van der Waals surface area contributed by atoms with Crippen LogP contribution in [0.25, 0.3) is 0 Å². The van der Waals surface area contributed by atoms with Crippen LogP contribution in [-0.2, 0) is 10.0 Å². The van der Waals surface area contributed by atoms with Crippen molar-refractivity contribution in [2.45, 2.75) is 18.7 Å². The Labute approximate surface area is 174 Å². The highest BCUT2D eigenvalue weighted by atomic mass is 32.2. The SMILES string of the molecule is CCNc1nc(C)cc(Nc2ccc(NS(=O)(=O)c3ccc(OC)c(F)c3)cc2)n1. The largest absolute Gasteiger partial charge is 0.494 e. The van der Waals surface area contributed by atoms with Gasteiger partial charge in [-0.25, -0.2) is 17.8 Å². The van der Waals surface area contributed by atoms with Gasteiger partial charge in [0.1, 0.15) is 5.82 Å². The van der Waals surface area contributed by atoms with Gasteiger partial charge in [-0.1, -0.05) is 0 Å². The van der Waals surface area contributed by atoms with E-state index in [1.54, 1.807) is 30.3 Å². The number of nitrogens with one attached hydrogen (secondary N) is 3. The smallest absolute Gasteiger partial charge is 0.262 e. The Morgan fingerprint density at radius 1 is 1.03 bits per heavy atom. The maximum atomic E-state index is 13.8. The van der Waals surface area contributed by atoms with Gasteiger partial charge in [0.2, 0.25) is 5.95 Å². The van der Waals surface area contributed by atoms with Gasteiger partial charge in [0.05, 0.1) is 12.0 Å². The van der Waals surface area contributed by atoms with Crippen LogP contribution in [0.15, 0.2) is 53.4 Å². The molecule has 8 nitrogen and oxygen atoms in total. The summed E-state index contributed by atoms with van der Waals surface area (Å²) >= 11 is 0. The summed E-state index contributed by atoms with van der Waals surface area (Å²) in [5, 5.41) is 6.22. The minimum Gasteiger partial charge on any atom is -0.494 e. The van der Waals surface area contributed by atoms with Crippen molar-refractivity contribution >= 4 is 33.2 Å². The molecule has 3 N–H and O–H groups in total. The quantitative estimate of drug-likeness (QED) is 0.497. The normalized spacial score (nSPS) is 11.1. The second kappa shape index (κ2) is 8.95. The predicted octanol–water partition coefficient (Wildman–Crippen LogP) is 3.91. The number of aromatic nitrogens is 2. The Kier molecular flexibility index (Phi) is 6.36. The maximum Gasteiger partial charge on any atom is 0.262 e. The number of ether oxygens (including phenoxy) is 1. The van der Waals surface area contributed by atoms with E-state index >= 15 is 0 Å². The maximum absolute atomic E-state index is 13.8. The molecule has 0 atom stereocenters. The third-order valence-electron chi connectivity index (χ3n) is 4.03. The second-order valence-electron chi connectivity index (χ2n) is 6.35. The summed E-state index contributed by atoms with van der Waals surface area (Å²) in [6.45, 7) is 4.53. The van der Waals surface area contributed by atoms with Gasteiger partial charge in [-0.05, 0) is 56.3 Å². The molecule has 0 aliphatic rings. The minimum atomic E-state index is -3.94. The van der Waals surface area contributed by atoms with Crippen LogP contribution in [0.4, 0.5) is 27.5 Å². The monoisotopic (exact) mass is 431 g/mol. The summed E-state index contributed by atoms with van der Waals surface area (Å²) < 4.78 is 46.1. The van der Waals surface area contributed by atoms with E-state index in [-0.39, 0.29) is 10.6 Å².